The molecule has 3 rings (SSSR count). The summed E-state index contributed by atoms with van der Waals surface area (Å²) in [6, 6.07) is 11.1. The molecule has 0 aromatic heterocycles. The van der Waals surface area contributed by atoms with Crippen molar-refractivity contribution in [2.75, 3.05) is 17.3 Å². The van der Waals surface area contributed by atoms with Crippen LogP contribution in [0.4, 0.5) is 5.69 Å². The lowest BCUT2D eigenvalue weighted by Crippen LogP contribution is -2.28. The van der Waals surface area contributed by atoms with Crippen molar-refractivity contribution in [1.29, 1.82) is 0 Å². The summed E-state index contributed by atoms with van der Waals surface area (Å²) in [5, 5.41) is 0.415. The van der Waals surface area contributed by atoms with Gasteiger partial charge in [-0.2, -0.15) is 0 Å². The molecular weight excluding hydrogens is 490 g/mol. The molecule has 1 atom stereocenters. The number of terminal acetylenes is 1. The minimum atomic E-state index is -0.213. The first-order chi connectivity index (χ1) is 12.0. The molecular formula is C18H12Br2ClNO2S. The van der Waals surface area contributed by atoms with Crippen LogP contribution < -0.4 is 9.64 Å². The van der Waals surface area contributed by atoms with E-state index >= 15 is 0 Å². The number of amides is 1. The van der Waals surface area contributed by atoms with Crippen molar-refractivity contribution >= 4 is 66.8 Å². The van der Waals surface area contributed by atoms with Crippen molar-refractivity contribution in [3.05, 3.63) is 55.9 Å². The van der Waals surface area contributed by atoms with E-state index in [1.54, 1.807) is 28.8 Å². The molecule has 128 valence electrons. The number of carbonyl (C=O) groups is 1. The van der Waals surface area contributed by atoms with Crippen LogP contribution >= 0.6 is 55.2 Å². The summed E-state index contributed by atoms with van der Waals surface area (Å²) in [5.41, 5.74) is 1.67. The maximum absolute atomic E-state index is 12.5. The SMILES string of the molecule is C#CCOc1c(Br)cc(Br)cc1[C@H]1SCC(=O)N1c1ccc(Cl)cc1. The van der Waals surface area contributed by atoms with E-state index in [2.05, 4.69) is 37.8 Å². The molecule has 0 aliphatic carbocycles. The Kier molecular flexibility index (Phi) is 6.00. The van der Waals surface area contributed by atoms with Crippen LogP contribution in [0.2, 0.25) is 5.02 Å². The number of carbonyl (C=O) groups excluding carboxylic acids is 1. The third-order valence-corrected chi connectivity index (χ3v) is 6.07. The topological polar surface area (TPSA) is 29.5 Å². The van der Waals surface area contributed by atoms with E-state index in [1.807, 2.05) is 24.3 Å². The van der Waals surface area contributed by atoms with Gasteiger partial charge in [0.1, 0.15) is 17.7 Å². The molecule has 0 N–H and O–H groups in total. The first kappa shape index (κ1) is 18.7. The quantitative estimate of drug-likeness (QED) is 0.507. The molecule has 1 amide bonds. The van der Waals surface area contributed by atoms with Crippen LogP contribution in [0.15, 0.2) is 45.3 Å². The smallest absolute Gasteiger partial charge is 0.238 e. The highest BCUT2D eigenvalue weighted by molar-refractivity contribution is 9.11. The van der Waals surface area contributed by atoms with Crippen molar-refractivity contribution in [2.24, 2.45) is 0 Å². The fraction of sp³-hybridized carbons (Fsp3) is 0.167. The Labute approximate surface area is 172 Å². The van der Waals surface area contributed by atoms with E-state index in [9.17, 15) is 4.79 Å². The van der Waals surface area contributed by atoms with Gasteiger partial charge in [0, 0.05) is 20.7 Å². The summed E-state index contributed by atoms with van der Waals surface area (Å²) in [6.45, 7) is 0.152. The van der Waals surface area contributed by atoms with Gasteiger partial charge in [-0.25, -0.2) is 0 Å². The monoisotopic (exact) mass is 499 g/mol. The minimum Gasteiger partial charge on any atom is -0.479 e. The zero-order chi connectivity index (χ0) is 18.0. The van der Waals surface area contributed by atoms with E-state index < -0.39 is 0 Å². The average molecular weight is 502 g/mol. The lowest BCUT2D eigenvalue weighted by molar-refractivity contribution is -0.115. The van der Waals surface area contributed by atoms with Crippen LogP contribution in [0.1, 0.15) is 10.9 Å². The van der Waals surface area contributed by atoms with Gasteiger partial charge in [-0.15, -0.1) is 18.2 Å². The van der Waals surface area contributed by atoms with Crippen LogP contribution in [0.3, 0.4) is 0 Å². The number of benzene rings is 2. The van der Waals surface area contributed by atoms with Gasteiger partial charge in [-0.05, 0) is 52.3 Å². The van der Waals surface area contributed by atoms with Gasteiger partial charge in [0.25, 0.3) is 0 Å². The summed E-state index contributed by atoms with van der Waals surface area (Å²) in [5.74, 6) is 3.56. The van der Waals surface area contributed by atoms with Crippen LogP contribution in [0.5, 0.6) is 5.75 Å². The van der Waals surface area contributed by atoms with Crippen molar-refractivity contribution in [3.63, 3.8) is 0 Å². The van der Waals surface area contributed by atoms with Gasteiger partial charge in [0.2, 0.25) is 5.91 Å². The highest BCUT2D eigenvalue weighted by atomic mass is 79.9. The molecule has 3 nitrogen and oxygen atoms in total. The molecule has 2 aromatic rings. The van der Waals surface area contributed by atoms with Crippen LogP contribution in [-0.2, 0) is 4.79 Å². The van der Waals surface area contributed by atoms with Crippen LogP contribution in [0.25, 0.3) is 0 Å². The molecule has 0 unspecified atom stereocenters. The fourth-order valence-corrected chi connectivity index (χ4v) is 5.25. The first-order valence-corrected chi connectivity index (χ1v) is 10.3. The third-order valence-electron chi connectivity index (χ3n) is 3.58. The Morgan fingerprint density at radius 2 is 2.04 bits per heavy atom. The van der Waals surface area contributed by atoms with Gasteiger partial charge in [-0.1, -0.05) is 33.5 Å². The number of nitrogens with zero attached hydrogens (tertiary/aromatic N) is 1. The predicted octanol–water partition coefficient (Wildman–Crippen LogP) is 5.66. The zero-order valence-corrected chi connectivity index (χ0v) is 17.6. The number of halogens is 3. The van der Waals surface area contributed by atoms with E-state index in [1.165, 1.54) is 0 Å². The Hall–Kier alpha value is -1.13. The van der Waals surface area contributed by atoms with Gasteiger partial charge in [-0.3, -0.25) is 9.69 Å². The van der Waals surface area contributed by atoms with Crippen molar-refractivity contribution in [1.82, 2.24) is 0 Å². The Balaban J connectivity index is 2.06. The minimum absolute atomic E-state index is 0.0383. The van der Waals surface area contributed by atoms with Crippen molar-refractivity contribution < 1.29 is 9.53 Å². The third kappa shape index (κ3) is 4.01. The standard InChI is InChI=1S/C18H12Br2ClNO2S/c1-2-7-24-17-14(8-11(19)9-15(17)20)18-22(16(23)10-25-18)13-5-3-12(21)4-6-13/h1,3-6,8-9,18H,7,10H2/t18-/m1/s1. The number of ether oxygens (including phenoxy) is 1. The molecule has 0 bridgehead atoms. The summed E-state index contributed by atoms with van der Waals surface area (Å²) >= 11 is 14.5. The number of rotatable bonds is 4. The molecule has 1 heterocycles. The first-order valence-electron chi connectivity index (χ1n) is 7.25. The molecule has 7 heteroatoms. The van der Waals surface area contributed by atoms with Gasteiger partial charge in [0.05, 0.1) is 10.2 Å². The van der Waals surface area contributed by atoms with Crippen LogP contribution in [-0.4, -0.2) is 18.3 Å². The lowest BCUT2D eigenvalue weighted by atomic mass is 10.1. The summed E-state index contributed by atoms with van der Waals surface area (Å²) < 4.78 is 7.41. The summed E-state index contributed by atoms with van der Waals surface area (Å²) in [4.78, 5) is 14.3. The number of hydrogen-bond acceptors (Lipinski definition) is 3. The van der Waals surface area contributed by atoms with E-state index in [-0.39, 0.29) is 17.9 Å². The molecule has 0 saturated carbocycles. The maximum Gasteiger partial charge on any atom is 0.238 e. The number of anilines is 1. The molecule has 1 aliphatic heterocycles. The van der Waals surface area contributed by atoms with E-state index in [0.29, 0.717) is 16.5 Å². The van der Waals surface area contributed by atoms with Gasteiger partial charge >= 0.3 is 0 Å². The van der Waals surface area contributed by atoms with Gasteiger partial charge < -0.3 is 4.74 Å². The Morgan fingerprint density at radius 3 is 2.72 bits per heavy atom. The number of thioether (sulfide) groups is 1. The average Bonchev–Trinajstić information content (AvgIpc) is 2.96. The summed E-state index contributed by atoms with van der Waals surface area (Å²) in [6.07, 6.45) is 5.33. The Morgan fingerprint density at radius 1 is 1.32 bits per heavy atom. The van der Waals surface area contributed by atoms with Gasteiger partial charge in [0.15, 0.2) is 0 Å². The van der Waals surface area contributed by atoms with Crippen LogP contribution in [0, 0.1) is 12.3 Å². The lowest BCUT2D eigenvalue weighted by Gasteiger charge is -2.26. The molecule has 1 saturated heterocycles. The fourth-order valence-electron chi connectivity index (χ4n) is 2.56. The second-order valence-electron chi connectivity index (χ2n) is 5.20. The zero-order valence-electron chi connectivity index (χ0n) is 12.8. The highest BCUT2D eigenvalue weighted by Crippen LogP contribution is 2.47. The molecule has 1 fully saturated rings. The molecule has 1 aliphatic rings. The Bertz CT molecular complexity index is 851. The largest absolute Gasteiger partial charge is 0.479 e. The van der Waals surface area contributed by atoms with Crippen molar-refractivity contribution in [2.45, 2.75) is 5.37 Å². The maximum atomic E-state index is 12.5. The second kappa shape index (κ2) is 8.05. The summed E-state index contributed by atoms with van der Waals surface area (Å²) in [7, 11) is 0. The van der Waals surface area contributed by atoms with E-state index in [4.69, 9.17) is 22.8 Å². The number of hydrogen-bond donors (Lipinski definition) is 0. The normalized spacial score (nSPS) is 16.8. The highest BCUT2D eigenvalue weighted by Gasteiger charge is 2.36. The van der Waals surface area contributed by atoms with Crippen molar-refractivity contribution in [3.8, 4) is 18.1 Å². The molecule has 0 radical (unpaired) electrons. The predicted molar refractivity (Wildman–Crippen MR) is 110 cm³/mol. The van der Waals surface area contributed by atoms with E-state index in [0.717, 1.165) is 20.2 Å². The molecule has 2 aromatic carbocycles. The molecule has 25 heavy (non-hydrogen) atoms. The molecule has 0 spiro atoms. The second-order valence-corrected chi connectivity index (χ2v) is 8.48.